The molecule has 1 amide bonds. The maximum absolute atomic E-state index is 12.6. The first-order valence-corrected chi connectivity index (χ1v) is 10.1. The third-order valence-electron chi connectivity index (χ3n) is 5.40. The molecule has 0 bridgehead atoms. The first-order chi connectivity index (χ1) is 12.5. The molecule has 0 aromatic rings. The Morgan fingerprint density at radius 2 is 1.85 bits per heavy atom. The smallest absolute Gasteiger partial charge is 0.323 e. The van der Waals surface area contributed by atoms with Gasteiger partial charge in [-0.25, -0.2) is 0 Å². The van der Waals surface area contributed by atoms with E-state index in [-0.39, 0.29) is 29.9 Å². The molecule has 156 valence electrons. The highest BCUT2D eigenvalue weighted by Crippen LogP contribution is 2.32. The van der Waals surface area contributed by atoms with Crippen molar-refractivity contribution in [3.63, 3.8) is 0 Å². The Morgan fingerprint density at radius 3 is 2.30 bits per heavy atom. The lowest BCUT2D eigenvalue weighted by Gasteiger charge is -2.32. The van der Waals surface area contributed by atoms with Crippen LogP contribution in [0.25, 0.3) is 0 Å². The Hall–Kier alpha value is -1.50. The summed E-state index contributed by atoms with van der Waals surface area (Å²) in [6.45, 7) is 13.0. The van der Waals surface area contributed by atoms with Gasteiger partial charge < -0.3 is 10.1 Å². The molecule has 7 nitrogen and oxygen atoms in total. The van der Waals surface area contributed by atoms with E-state index < -0.39 is 17.7 Å². The van der Waals surface area contributed by atoms with Crippen LogP contribution in [0.4, 0.5) is 0 Å². The van der Waals surface area contributed by atoms with Gasteiger partial charge >= 0.3 is 5.97 Å². The van der Waals surface area contributed by atoms with Gasteiger partial charge in [-0.2, -0.15) is 4.91 Å². The predicted molar refractivity (Wildman–Crippen MR) is 106 cm³/mol. The van der Waals surface area contributed by atoms with Gasteiger partial charge in [0, 0.05) is 24.9 Å². The lowest BCUT2D eigenvalue weighted by molar-refractivity contribution is -0.157. The Morgan fingerprint density at radius 1 is 1.26 bits per heavy atom. The maximum Gasteiger partial charge on any atom is 0.323 e. The second-order valence-corrected chi connectivity index (χ2v) is 8.75. The molecule has 0 saturated carbocycles. The molecule has 7 heteroatoms. The number of hydrogen-bond acceptors (Lipinski definition) is 6. The summed E-state index contributed by atoms with van der Waals surface area (Å²) in [5, 5.41) is 9.61. The van der Waals surface area contributed by atoms with E-state index in [1.165, 1.54) is 6.92 Å². The van der Waals surface area contributed by atoms with Gasteiger partial charge in [0.15, 0.2) is 0 Å². The van der Waals surface area contributed by atoms with Crippen molar-refractivity contribution >= 4 is 11.9 Å². The molecule has 0 aromatic carbocycles. The highest BCUT2D eigenvalue weighted by atomic mass is 16.6. The van der Waals surface area contributed by atoms with Crippen LogP contribution in [0, 0.1) is 16.7 Å². The number of ether oxygens (including phenoxy) is 1. The minimum absolute atomic E-state index is 0.112. The van der Waals surface area contributed by atoms with E-state index in [1.807, 2.05) is 20.8 Å². The number of esters is 1. The Bertz CT molecular complexity index is 514. The number of carbonyl (C=O) groups is 2. The van der Waals surface area contributed by atoms with E-state index >= 15 is 0 Å². The summed E-state index contributed by atoms with van der Waals surface area (Å²) >= 11 is 0. The molecule has 2 N–H and O–H groups in total. The number of amides is 1. The van der Waals surface area contributed by atoms with Crippen LogP contribution in [-0.4, -0.2) is 41.6 Å². The molecule has 0 aliphatic carbocycles. The van der Waals surface area contributed by atoms with E-state index in [2.05, 4.69) is 29.7 Å². The van der Waals surface area contributed by atoms with E-state index in [1.54, 1.807) is 6.92 Å². The first-order valence-electron chi connectivity index (χ1n) is 10.1. The zero-order chi connectivity index (χ0) is 20.8. The maximum atomic E-state index is 12.6. The number of rotatable bonds is 9. The number of nitroso groups, excluding NO2 is 1. The minimum Gasteiger partial charge on any atom is -0.459 e. The highest BCUT2D eigenvalue weighted by molar-refractivity contribution is 5.77. The Labute approximate surface area is 163 Å². The zero-order valence-electron chi connectivity index (χ0n) is 17.9. The van der Waals surface area contributed by atoms with Crippen molar-refractivity contribution in [2.75, 3.05) is 0 Å². The average Bonchev–Trinajstić information content (AvgIpc) is 3.01. The fraction of sp³-hybridized carbons (Fsp3) is 0.900. The van der Waals surface area contributed by atoms with Crippen LogP contribution in [0.2, 0.25) is 0 Å². The molecular weight excluding hydrogens is 346 g/mol. The summed E-state index contributed by atoms with van der Waals surface area (Å²) in [5.74, 6) is -0.105. The molecule has 1 aliphatic heterocycles. The van der Waals surface area contributed by atoms with Crippen LogP contribution >= 0.6 is 0 Å². The van der Waals surface area contributed by atoms with Crippen molar-refractivity contribution in [1.29, 1.82) is 0 Å². The normalized spacial score (nSPS) is 25.1. The van der Waals surface area contributed by atoms with Crippen molar-refractivity contribution in [1.82, 2.24) is 10.6 Å². The van der Waals surface area contributed by atoms with Crippen molar-refractivity contribution in [3.05, 3.63) is 4.91 Å². The molecule has 1 fully saturated rings. The van der Waals surface area contributed by atoms with Crippen molar-refractivity contribution in [3.8, 4) is 0 Å². The van der Waals surface area contributed by atoms with Crippen molar-refractivity contribution < 1.29 is 14.3 Å². The van der Waals surface area contributed by atoms with Crippen LogP contribution in [-0.2, 0) is 14.3 Å². The standard InChI is InChI=1S/C20H37N3O4/c1-8-14(9-2)10-16(21-13(4)24)18-15(12(3)23-26)11-17(22-18)19(25)27-20(5,6)7/h12,14-18,22H,8-11H2,1-7H3,(H,21,24)/t12?,15-,16-,17+,18+/m0/s1. The summed E-state index contributed by atoms with van der Waals surface area (Å²) in [4.78, 5) is 35.6. The SMILES string of the molecule is CCC(CC)C[C@H](NC(C)=O)[C@@H]1N[C@@H](C(=O)OC(C)(C)C)C[C@H]1C(C)N=O. The van der Waals surface area contributed by atoms with Crippen LogP contribution in [0.3, 0.4) is 0 Å². The van der Waals surface area contributed by atoms with Crippen LogP contribution in [0.15, 0.2) is 5.18 Å². The van der Waals surface area contributed by atoms with Gasteiger partial charge in [-0.3, -0.25) is 14.9 Å². The number of hydrogen-bond donors (Lipinski definition) is 2. The minimum atomic E-state index is -0.576. The third-order valence-corrected chi connectivity index (χ3v) is 5.40. The molecule has 1 unspecified atom stereocenters. The largest absolute Gasteiger partial charge is 0.459 e. The monoisotopic (exact) mass is 383 g/mol. The summed E-state index contributed by atoms with van der Waals surface area (Å²) in [6, 6.07) is -1.30. The van der Waals surface area contributed by atoms with Crippen LogP contribution in [0.1, 0.15) is 74.1 Å². The Kier molecular flexibility index (Phi) is 8.85. The van der Waals surface area contributed by atoms with Gasteiger partial charge in [0.25, 0.3) is 0 Å². The topological polar surface area (TPSA) is 96.9 Å². The number of nitrogens with one attached hydrogen (secondary N) is 2. The molecule has 1 saturated heterocycles. The van der Waals surface area contributed by atoms with E-state index in [0.29, 0.717) is 12.3 Å². The lowest BCUT2D eigenvalue weighted by Crippen LogP contribution is -2.53. The zero-order valence-corrected chi connectivity index (χ0v) is 17.9. The lowest BCUT2D eigenvalue weighted by atomic mass is 9.83. The summed E-state index contributed by atoms with van der Waals surface area (Å²) in [6.07, 6.45) is 3.31. The molecule has 1 rings (SSSR count). The summed E-state index contributed by atoms with van der Waals surface area (Å²) < 4.78 is 5.52. The quantitative estimate of drug-likeness (QED) is 0.471. The molecule has 5 atom stereocenters. The molecule has 0 aromatic heterocycles. The molecule has 1 aliphatic rings. The van der Waals surface area contributed by atoms with Gasteiger partial charge in [0.1, 0.15) is 11.6 Å². The van der Waals surface area contributed by atoms with Crippen LogP contribution < -0.4 is 10.6 Å². The second-order valence-electron chi connectivity index (χ2n) is 8.75. The van der Waals surface area contributed by atoms with Crippen molar-refractivity contribution in [2.45, 2.75) is 104 Å². The van der Waals surface area contributed by atoms with Crippen LogP contribution in [0.5, 0.6) is 0 Å². The van der Waals surface area contributed by atoms with Gasteiger partial charge in [-0.15, -0.1) is 0 Å². The molecule has 0 radical (unpaired) electrons. The number of nitrogens with zero attached hydrogens (tertiary/aromatic N) is 1. The molecule has 27 heavy (non-hydrogen) atoms. The van der Waals surface area contributed by atoms with E-state index in [9.17, 15) is 14.5 Å². The van der Waals surface area contributed by atoms with Gasteiger partial charge in [0.05, 0.1) is 6.04 Å². The summed E-state index contributed by atoms with van der Waals surface area (Å²) in [5.41, 5.74) is -0.576. The number of carbonyl (C=O) groups excluding carboxylic acids is 2. The fourth-order valence-electron chi connectivity index (χ4n) is 3.91. The molecule has 1 heterocycles. The van der Waals surface area contributed by atoms with E-state index in [4.69, 9.17) is 4.74 Å². The predicted octanol–water partition coefficient (Wildman–Crippen LogP) is 3.16. The fourth-order valence-corrected chi connectivity index (χ4v) is 3.91. The average molecular weight is 384 g/mol. The second kappa shape index (κ2) is 10.2. The van der Waals surface area contributed by atoms with Gasteiger partial charge in [-0.05, 0) is 46.5 Å². The first kappa shape index (κ1) is 23.5. The molecular formula is C20H37N3O4. The van der Waals surface area contributed by atoms with Gasteiger partial charge in [0.2, 0.25) is 5.91 Å². The third kappa shape index (κ3) is 7.20. The molecule has 0 spiro atoms. The summed E-state index contributed by atoms with van der Waals surface area (Å²) in [7, 11) is 0. The van der Waals surface area contributed by atoms with Gasteiger partial charge in [-0.1, -0.05) is 31.9 Å². The highest BCUT2D eigenvalue weighted by Gasteiger charge is 2.45. The Balaban J connectivity index is 3.06. The van der Waals surface area contributed by atoms with Crippen molar-refractivity contribution in [2.24, 2.45) is 17.0 Å². The van der Waals surface area contributed by atoms with E-state index in [0.717, 1.165) is 19.3 Å².